The number of rotatable bonds is 4. The molecule has 0 N–H and O–H groups in total. The van der Waals surface area contributed by atoms with Crippen LogP contribution in [0, 0.1) is 5.92 Å². The summed E-state index contributed by atoms with van der Waals surface area (Å²) in [5, 5.41) is 0. The molecular formula is C18H28N2. The molecule has 2 heteroatoms. The quantitative estimate of drug-likeness (QED) is 0.831. The number of hydrogen-bond donors (Lipinski definition) is 0. The van der Waals surface area contributed by atoms with Crippen LogP contribution in [-0.2, 0) is 12.8 Å². The first-order chi connectivity index (χ1) is 9.76. The highest BCUT2D eigenvalue weighted by Gasteiger charge is 2.36. The molecular weight excluding hydrogens is 244 g/mol. The van der Waals surface area contributed by atoms with Gasteiger partial charge in [-0.05, 0) is 62.9 Å². The number of nitrogens with zero attached hydrogens (tertiary/aromatic N) is 2. The van der Waals surface area contributed by atoms with Crippen LogP contribution in [0.5, 0.6) is 0 Å². The Balaban J connectivity index is 1.53. The summed E-state index contributed by atoms with van der Waals surface area (Å²) in [7, 11) is 2.27. The molecule has 2 aliphatic heterocycles. The maximum Gasteiger partial charge on any atom is 0.0148 e. The zero-order valence-electron chi connectivity index (χ0n) is 13.0. The summed E-state index contributed by atoms with van der Waals surface area (Å²) >= 11 is 0. The molecule has 0 aliphatic carbocycles. The Kier molecular flexibility index (Phi) is 4.42. The number of likely N-dealkylation sites (tertiary alicyclic amines) is 2. The number of aryl methyl sites for hydroxylation is 1. The van der Waals surface area contributed by atoms with Crippen molar-refractivity contribution in [1.82, 2.24) is 9.80 Å². The monoisotopic (exact) mass is 272 g/mol. The summed E-state index contributed by atoms with van der Waals surface area (Å²) in [5.74, 6) is 0.927. The first-order valence-corrected chi connectivity index (χ1v) is 8.26. The molecule has 2 atom stereocenters. The van der Waals surface area contributed by atoms with Crippen molar-refractivity contribution in [1.29, 1.82) is 0 Å². The lowest BCUT2D eigenvalue weighted by Crippen LogP contribution is -2.44. The number of hydrogen-bond acceptors (Lipinski definition) is 2. The lowest BCUT2D eigenvalue weighted by Gasteiger charge is -2.36. The second-order valence-corrected chi connectivity index (χ2v) is 6.62. The van der Waals surface area contributed by atoms with Gasteiger partial charge in [-0.25, -0.2) is 0 Å². The number of benzene rings is 1. The van der Waals surface area contributed by atoms with Crippen molar-refractivity contribution in [3.05, 3.63) is 35.4 Å². The zero-order chi connectivity index (χ0) is 13.9. The third kappa shape index (κ3) is 3.07. The van der Waals surface area contributed by atoms with E-state index in [1.807, 2.05) is 0 Å². The van der Waals surface area contributed by atoms with Gasteiger partial charge in [0, 0.05) is 19.1 Å². The summed E-state index contributed by atoms with van der Waals surface area (Å²) in [6.07, 6.45) is 5.13. The van der Waals surface area contributed by atoms with Gasteiger partial charge in [0.1, 0.15) is 0 Å². The highest BCUT2D eigenvalue weighted by molar-refractivity contribution is 5.22. The molecule has 3 rings (SSSR count). The fraction of sp³-hybridized carbons (Fsp3) is 0.667. The van der Waals surface area contributed by atoms with E-state index in [1.165, 1.54) is 56.6 Å². The van der Waals surface area contributed by atoms with Gasteiger partial charge in [0.05, 0.1) is 0 Å². The number of fused-ring (bicyclic) bond motifs is 1. The van der Waals surface area contributed by atoms with Crippen LogP contribution in [-0.4, -0.2) is 49.1 Å². The topological polar surface area (TPSA) is 6.48 Å². The van der Waals surface area contributed by atoms with E-state index in [-0.39, 0.29) is 0 Å². The minimum atomic E-state index is 0.862. The van der Waals surface area contributed by atoms with Gasteiger partial charge in [-0.1, -0.05) is 31.2 Å². The highest BCUT2D eigenvalue weighted by atomic mass is 15.2. The van der Waals surface area contributed by atoms with E-state index in [4.69, 9.17) is 0 Å². The van der Waals surface area contributed by atoms with E-state index in [0.717, 1.165) is 18.4 Å². The van der Waals surface area contributed by atoms with Crippen LogP contribution < -0.4 is 0 Å². The van der Waals surface area contributed by atoms with Crippen LogP contribution in [0.4, 0.5) is 0 Å². The Morgan fingerprint density at radius 3 is 2.55 bits per heavy atom. The summed E-state index contributed by atoms with van der Waals surface area (Å²) in [6, 6.07) is 10.1. The van der Waals surface area contributed by atoms with Gasteiger partial charge in [-0.15, -0.1) is 0 Å². The predicted molar refractivity (Wildman–Crippen MR) is 85.1 cm³/mol. The molecule has 1 aromatic rings. The van der Waals surface area contributed by atoms with Crippen molar-refractivity contribution >= 4 is 0 Å². The molecule has 20 heavy (non-hydrogen) atoms. The summed E-state index contributed by atoms with van der Waals surface area (Å²) in [4.78, 5) is 5.26. The van der Waals surface area contributed by atoms with E-state index in [1.54, 1.807) is 0 Å². The molecule has 0 aromatic heterocycles. The third-order valence-electron chi connectivity index (χ3n) is 5.27. The first kappa shape index (κ1) is 14.1. The maximum absolute atomic E-state index is 2.76. The van der Waals surface area contributed by atoms with E-state index in [2.05, 4.69) is 48.0 Å². The van der Waals surface area contributed by atoms with Crippen LogP contribution in [0.25, 0.3) is 0 Å². The molecule has 0 unspecified atom stereocenters. The average Bonchev–Trinajstić information content (AvgIpc) is 2.88. The summed E-state index contributed by atoms with van der Waals surface area (Å²) in [6.45, 7) is 7.38. The molecule has 0 saturated carbocycles. The van der Waals surface area contributed by atoms with Gasteiger partial charge in [0.2, 0.25) is 0 Å². The van der Waals surface area contributed by atoms with Crippen molar-refractivity contribution in [2.24, 2.45) is 5.92 Å². The minimum absolute atomic E-state index is 0.862. The summed E-state index contributed by atoms with van der Waals surface area (Å²) < 4.78 is 0. The normalized spacial score (nSPS) is 27.7. The standard InChI is InChI=1S/C18H28N2/c1-3-15-4-6-16(7-5-15)8-12-20-13-9-17-14-19(2)11-10-18(17)20/h4-7,17-18H,3,8-14H2,1-2H3/t17-,18+/m1/s1. The molecule has 1 aromatic carbocycles. The van der Waals surface area contributed by atoms with E-state index in [9.17, 15) is 0 Å². The largest absolute Gasteiger partial charge is 0.306 e. The van der Waals surface area contributed by atoms with Gasteiger partial charge in [0.25, 0.3) is 0 Å². The second-order valence-electron chi connectivity index (χ2n) is 6.62. The van der Waals surface area contributed by atoms with E-state index in [0.29, 0.717) is 0 Å². The first-order valence-electron chi connectivity index (χ1n) is 8.26. The summed E-state index contributed by atoms with van der Waals surface area (Å²) in [5.41, 5.74) is 2.95. The van der Waals surface area contributed by atoms with Crippen molar-refractivity contribution in [2.45, 2.75) is 38.6 Å². The van der Waals surface area contributed by atoms with Crippen molar-refractivity contribution in [3.8, 4) is 0 Å². The Labute approximate surface area is 123 Å². The molecule has 0 amide bonds. The van der Waals surface area contributed by atoms with Gasteiger partial charge in [-0.3, -0.25) is 4.90 Å². The molecule has 0 radical (unpaired) electrons. The van der Waals surface area contributed by atoms with Gasteiger partial charge in [-0.2, -0.15) is 0 Å². The molecule has 2 nitrogen and oxygen atoms in total. The SMILES string of the molecule is CCc1ccc(CCN2CC[C@@H]3CN(C)CC[C@@H]32)cc1. The Morgan fingerprint density at radius 1 is 1.05 bits per heavy atom. The lowest BCUT2D eigenvalue weighted by molar-refractivity contribution is 0.130. The fourth-order valence-electron chi connectivity index (χ4n) is 3.96. The Hall–Kier alpha value is -0.860. The minimum Gasteiger partial charge on any atom is -0.306 e. The number of piperidine rings is 1. The molecule has 2 heterocycles. The van der Waals surface area contributed by atoms with Crippen LogP contribution >= 0.6 is 0 Å². The van der Waals surface area contributed by atoms with Crippen LogP contribution in [0.3, 0.4) is 0 Å². The van der Waals surface area contributed by atoms with Crippen molar-refractivity contribution in [3.63, 3.8) is 0 Å². The van der Waals surface area contributed by atoms with Crippen LogP contribution in [0.15, 0.2) is 24.3 Å². The lowest BCUT2D eigenvalue weighted by atomic mass is 9.93. The van der Waals surface area contributed by atoms with Gasteiger partial charge in [0.15, 0.2) is 0 Å². The van der Waals surface area contributed by atoms with Crippen molar-refractivity contribution < 1.29 is 0 Å². The van der Waals surface area contributed by atoms with Crippen LogP contribution in [0.1, 0.15) is 30.9 Å². The Morgan fingerprint density at radius 2 is 1.80 bits per heavy atom. The van der Waals surface area contributed by atoms with E-state index < -0.39 is 0 Å². The molecule has 2 saturated heterocycles. The molecule has 0 spiro atoms. The highest BCUT2D eigenvalue weighted by Crippen LogP contribution is 2.30. The maximum atomic E-state index is 2.76. The van der Waals surface area contributed by atoms with Gasteiger partial charge < -0.3 is 4.90 Å². The van der Waals surface area contributed by atoms with Crippen LogP contribution in [0.2, 0.25) is 0 Å². The van der Waals surface area contributed by atoms with Crippen molar-refractivity contribution in [2.75, 3.05) is 33.2 Å². The van der Waals surface area contributed by atoms with E-state index >= 15 is 0 Å². The van der Waals surface area contributed by atoms with Gasteiger partial charge >= 0.3 is 0 Å². The second kappa shape index (κ2) is 6.28. The average molecular weight is 272 g/mol. The molecule has 110 valence electrons. The fourth-order valence-corrected chi connectivity index (χ4v) is 3.96. The Bertz CT molecular complexity index is 426. The smallest absolute Gasteiger partial charge is 0.0148 e. The zero-order valence-corrected chi connectivity index (χ0v) is 13.0. The molecule has 2 fully saturated rings. The third-order valence-corrected chi connectivity index (χ3v) is 5.27. The molecule has 2 aliphatic rings. The predicted octanol–water partition coefficient (Wildman–Crippen LogP) is 2.82. The molecule has 0 bridgehead atoms.